The molecule has 1 heterocycles. The number of nitrogens with zero attached hydrogens (tertiary/aromatic N) is 4. The van der Waals surface area contributed by atoms with E-state index in [-0.39, 0.29) is 5.28 Å². The quantitative estimate of drug-likeness (QED) is 0.748. The van der Waals surface area contributed by atoms with Crippen molar-refractivity contribution in [1.29, 1.82) is 0 Å². The van der Waals surface area contributed by atoms with E-state index in [2.05, 4.69) is 40.8 Å². The molecule has 0 aliphatic carbocycles. The molecule has 96 valence electrons. The first-order chi connectivity index (χ1) is 8.04. The maximum absolute atomic E-state index is 6.08. The number of rotatable bonds is 6. The van der Waals surface area contributed by atoms with Crippen LogP contribution >= 0.6 is 23.2 Å². The van der Waals surface area contributed by atoms with Gasteiger partial charge in [-0.15, -0.1) is 0 Å². The molecule has 0 bridgehead atoms. The van der Waals surface area contributed by atoms with Crippen molar-refractivity contribution in [2.24, 2.45) is 0 Å². The zero-order valence-electron chi connectivity index (χ0n) is 10.5. The molecule has 4 nitrogen and oxygen atoms in total. The molecule has 0 aliphatic rings. The fourth-order valence-corrected chi connectivity index (χ4v) is 1.89. The monoisotopic (exact) mass is 276 g/mol. The van der Waals surface area contributed by atoms with Crippen molar-refractivity contribution < 1.29 is 0 Å². The maximum Gasteiger partial charge on any atom is 0.224 e. The Morgan fingerprint density at radius 2 is 1.94 bits per heavy atom. The first-order valence-corrected chi connectivity index (χ1v) is 6.38. The molecule has 1 aromatic rings. The van der Waals surface area contributed by atoms with Crippen LogP contribution in [0, 0.1) is 0 Å². The molecule has 0 aromatic carbocycles. The minimum atomic E-state index is 0.232. The molecule has 1 aromatic heterocycles. The summed E-state index contributed by atoms with van der Waals surface area (Å²) in [6.07, 6.45) is 2.60. The van der Waals surface area contributed by atoms with Crippen molar-refractivity contribution in [2.75, 3.05) is 38.6 Å². The van der Waals surface area contributed by atoms with Gasteiger partial charge in [-0.25, -0.2) is 4.98 Å². The van der Waals surface area contributed by atoms with E-state index >= 15 is 0 Å². The third-order valence-corrected chi connectivity index (χ3v) is 2.86. The average molecular weight is 277 g/mol. The third-order valence-electron chi connectivity index (χ3n) is 2.41. The Kier molecular flexibility index (Phi) is 5.95. The average Bonchev–Trinajstić information content (AvgIpc) is 2.28. The van der Waals surface area contributed by atoms with Gasteiger partial charge in [-0.2, -0.15) is 4.98 Å². The van der Waals surface area contributed by atoms with Crippen molar-refractivity contribution >= 4 is 29.0 Å². The van der Waals surface area contributed by atoms with Crippen molar-refractivity contribution in [1.82, 2.24) is 14.9 Å². The zero-order valence-corrected chi connectivity index (χ0v) is 12.0. The fraction of sp³-hybridized carbons (Fsp3) is 0.636. The molecule has 0 radical (unpaired) electrons. The highest BCUT2D eigenvalue weighted by molar-refractivity contribution is 6.33. The highest BCUT2D eigenvalue weighted by Crippen LogP contribution is 2.23. The molecule has 0 spiro atoms. The van der Waals surface area contributed by atoms with Gasteiger partial charge in [0.15, 0.2) is 5.82 Å². The highest BCUT2D eigenvalue weighted by Gasteiger charge is 2.11. The van der Waals surface area contributed by atoms with E-state index in [1.807, 2.05) is 0 Å². The van der Waals surface area contributed by atoms with E-state index in [0.717, 1.165) is 26.1 Å². The lowest BCUT2D eigenvalue weighted by Gasteiger charge is -2.23. The Morgan fingerprint density at radius 3 is 2.53 bits per heavy atom. The third kappa shape index (κ3) is 4.66. The summed E-state index contributed by atoms with van der Waals surface area (Å²) >= 11 is 11.9. The lowest BCUT2D eigenvalue weighted by molar-refractivity contribution is 0.400. The molecule has 1 rings (SSSR count). The van der Waals surface area contributed by atoms with Crippen LogP contribution in [0.15, 0.2) is 6.20 Å². The first kappa shape index (κ1) is 14.5. The Bertz CT molecular complexity index is 357. The predicted molar refractivity (Wildman–Crippen MR) is 73.1 cm³/mol. The van der Waals surface area contributed by atoms with Gasteiger partial charge in [0.2, 0.25) is 5.28 Å². The van der Waals surface area contributed by atoms with Crippen LogP contribution in [-0.4, -0.2) is 48.6 Å². The summed E-state index contributed by atoms with van der Waals surface area (Å²) in [6.45, 7) is 4.86. The molecule has 6 heteroatoms. The molecule has 0 atom stereocenters. The van der Waals surface area contributed by atoms with Crippen LogP contribution in [0.25, 0.3) is 0 Å². The standard InChI is InChI=1S/C11H18Cl2N4/c1-4-17(7-5-6-16(2)3)10-9(12)8-14-11(13)15-10/h8H,4-7H2,1-3H3. The van der Waals surface area contributed by atoms with E-state index in [4.69, 9.17) is 23.2 Å². The van der Waals surface area contributed by atoms with E-state index < -0.39 is 0 Å². The van der Waals surface area contributed by atoms with Gasteiger partial charge in [0.1, 0.15) is 5.02 Å². The van der Waals surface area contributed by atoms with E-state index in [0.29, 0.717) is 10.8 Å². The molecule has 0 fully saturated rings. The Morgan fingerprint density at radius 1 is 1.24 bits per heavy atom. The second-order valence-corrected chi connectivity index (χ2v) is 4.79. The van der Waals surface area contributed by atoms with Gasteiger partial charge >= 0.3 is 0 Å². The summed E-state index contributed by atoms with van der Waals surface area (Å²) in [5.74, 6) is 0.716. The lowest BCUT2D eigenvalue weighted by Crippen LogP contribution is -2.28. The number of hydrogen-bond acceptors (Lipinski definition) is 4. The SMILES string of the molecule is CCN(CCCN(C)C)c1nc(Cl)ncc1Cl. The molecule has 0 amide bonds. The van der Waals surface area contributed by atoms with Crippen molar-refractivity contribution in [3.05, 3.63) is 16.5 Å². The molecular weight excluding hydrogens is 259 g/mol. The van der Waals surface area contributed by atoms with E-state index in [9.17, 15) is 0 Å². The molecule has 0 saturated heterocycles. The summed E-state index contributed by atoms with van der Waals surface area (Å²) in [6, 6.07) is 0. The molecular formula is C11H18Cl2N4. The summed E-state index contributed by atoms with van der Waals surface area (Å²) in [7, 11) is 4.12. The van der Waals surface area contributed by atoms with Gasteiger partial charge in [-0.05, 0) is 45.6 Å². The van der Waals surface area contributed by atoms with Crippen LogP contribution in [0.5, 0.6) is 0 Å². The Hall–Kier alpha value is -0.580. The summed E-state index contributed by atoms with van der Waals surface area (Å²) in [5, 5.41) is 0.775. The van der Waals surface area contributed by atoms with Crippen LogP contribution in [0.3, 0.4) is 0 Å². The van der Waals surface area contributed by atoms with E-state index in [1.165, 1.54) is 0 Å². The van der Waals surface area contributed by atoms with Crippen LogP contribution in [0.2, 0.25) is 10.3 Å². The van der Waals surface area contributed by atoms with E-state index in [1.54, 1.807) is 6.20 Å². The number of halogens is 2. The molecule has 0 aliphatic heterocycles. The lowest BCUT2D eigenvalue weighted by atomic mass is 10.3. The van der Waals surface area contributed by atoms with Crippen molar-refractivity contribution in [2.45, 2.75) is 13.3 Å². The smallest absolute Gasteiger partial charge is 0.224 e. The minimum absolute atomic E-state index is 0.232. The largest absolute Gasteiger partial charge is 0.355 e. The summed E-state index contributed by atoms with van der Waals surface area (Å²) in [4.78, 5) is 12.3. The maximum atomic E-state index is 6.08. The van der Waals surface area contributed by atoms with Gasteiger partial charge < -0.3 is 9.80 Å². The number of aromatic nitrogens is 2. The molecule has 17 heavy (non-hydrogen) atoms. The van der Waals surface area contributed by atoms with Crippen LogP contribution < -0.4 is 4.90 Å². The minimum Gasteiger partial charge on any atom is -0.355 e. The first-order valence-electron chi connectivity index (χ1n) is 5.62. The number of hydrogen-bond donors (Lipinski definition) is 0. The van der Waals surface area contributed by atoms with Crippen molar-refractivity contribution in [3.63, 3.8) is 0 Å². The summed E-state index contributed by atoms with van der Waals surface area (Å²) in [5.41, 5.74) is 0. The fourth-order valence-electron chi connectivity index (χ4n) is 1.55. The predicted octanol–water partition coefficient (Wildman–Crippen LogP) is 2.56. The highest BCUT2D eigenvalue weighted by atomic mass is 35.5. The van der Waals surface area contributed by atoms with Crippen LogP contribution in [0.1, 0.15) is 13.3 Å². The van der Waals surface area contributed by atoms with Crippen LogP contribution in [-0.2, 0) is 0 Å². The second-order valence-electron chi connectivity index (χ2n) is 4.05. The Labute approximate surface area is 113 Å². The zero-order chi connectivity index (χ0) is 12.8. The van der Waals surface area contributed by atoms with Gasteiger partial charge in [0.25, 0.3) is 0 Å². The van der Waals surface area contributed by atoms with Gasteiger partial charge in [-0.1, -0.05) is 11.6 Å². The number of anilines is 1. The van der Waals surface area contributed by atoms with Gasteiger partial charge in [0.05, 0.1) is 6.20 Å². The van der Waals surface area contributed by atoms with Crippen LogP contribution in [0.4, 0.5) is 5.82 Å². The molecule has 0 unspecified atom stereocenters. The van der Waals surface area contributed by atoms with Gasteiger partial charge in [-0.3, -0.25) is 0 Å². The normalized spacial score (nSPS) is 10.9. The van der Waals surface area contributed by atoms with Gasteiger partial charge in [0, 0.05) is 13.1 Å². The molecule has 0 N–H and O–H groups in total. The second kappa shape index (κ2) is 6.99. The topological polar surface area (TPSA) is 32.3 Å². The summed E-state index contributed by atoms with van der Waals surface area (Å²) < 4.78 is 0. The Balaban J connectivity index is 2.68. The van der Waals surface area contributed by atoms with Crippen molar-refractivity contribution in [3.8, 4) is 0 Å². The molecule has 0 saturated carbocycles.